The number of hydrogen-bond donors (Lipinski definition) is 2. The molecule has 3 heterocycles. The van der Waals surface area contributed by atoms with Crippen molar-refractivity contribution in [3.05, 3.63) is 64.6 Å². The molecule has 2 N–H and O–H groups in total. The quantitative estimate of drug-likeness (QED) is 0.418. The predicted molar refractivity (Wildman–Crippen MR) is 114 cm³/mol. The average Bonchev–Trinajstić information content (AvgIpc) is 3.09. The predicted octanol–water partition coefficient (Wildman–Crippen LogP) is 4.83. The lowest BCUT2D eigenvalue weighted by molar-refractivity contribution is 0.0696. The summed E-state index contributed by atoms with van der Waals surface area (Å²) in [5.74, 6) is 2.15. The second-order valence-corrected chi connectivity index (χ2v) is 6.77. The van der Waals surface area contributed by atoms with Crippen molar-refractivity contribution >= 4 is 28.6 Å². The number of rotatable bonds is 6. The van der Waals surface area contributed by atoms with Gasteiger partial charge in [0.15, 0.2) is 5.75 Å². The number of carboxylic acid groups (broad SMARTS) is 1. The molecule has 0 bridgehead atoms. The number of H-pyrrole nitrogens is 1. The van der Waals surface area contributed by atoms with Crippen LogP contribution < -0.4 is 9.47 Å². The van der Waals surface area contributed by atoms with E-state index in [0.717, 1.165) is 5.69 Å². The highest BCUT2D eigenvalue weighted by Gasteiger charge is 2.20. The molecule has 0 atom stereocenters. The largest absolute Gasteiger partial charge is 0.478 e. The van der Waals surface area contributed by atoms with Gasteiger partial charge in [0.25, 0.3) is 0 Å². The van der Waals surface area contributed by atoms with Crippen molar-refractivity contribution in [2.24, 2.45) is 0 Å². The van der Waals surface area contributed by atoms with Gasteiger partial charge in [-0.05, 0) is 30.7 Å². The van der Waals surface area contributed by atoms with Crippen molar-refractivity contribution in [1.29, 1.82) is 0 Å². The number of ether oxygens (including phenoxy) is 2. The molecule has 0 unspecified atom stereocenters. The zero-order valence-corrected chi connectivity index (χ0v) is 17.0. The van der Waals surface area contributed by atoms with E-state index in [2.05, 4.69) is 25.9 Å². The Balaban J connectivity index is 1.80. The van der Waals surface area contributed by atoms with Crippen LogP contribution in [0.25, 0.3) is 11.0 Å². The number of carboxylic acids is 1. The van der Waals surface area contributed by atoms with Crippen LogP contribution in [0.4, 0.5) is 0 Å². The number of aromatic amines is 1. The molecular formula is C22H15ClN4O4. The number of aromatic nitrogens is 4. The van der Waals surface area contributed by atoms with Crippen molar-refractivity contribution in [2.75, 3.05) is 0 Å². The van der Waals surface area contributed by atoms with E-state index in [1.54, 1.807) is 18.2 Å². The summed E-state index contributed by atoms with van der Waals surface area (Å²) < 4.78 is 11.6. The first kappa shape index (κ1) is 20.2. The number of halogens is 1. The highest BCUT2D eigenvalue weighted by molar-refractivity contribution is 6.36. The maximum Gasteiger partial charge on any atom is 0.335 e. The van der Waals surface area contributed by atoms with Crippen molar-refractivity contribution in [2.45, 2.75) is 13.3 Å². The minimum Gasteiger partial charge on any atom is -0.478 e. The van der Waals surface area contributed by atoms with Gasteiger partial charge in [-0.2, -0.15) is 9.97 Å². The van der Waals surface area contributed by atoms with E-state index in [0.29, 0.717) is 33.8 Å². The molecule has 0 aliphatic heterocycles. The summed E-state index contributed by atoms with van der Waals surface area (Å²) in [6, 6.07) is 7.64. The summed E-state index contributed by atoms with van der Waals surface area (Å²) in [5.41, 5.74) is 1.78. The fraction of sp³-hybridized carbons (Fsp3) is 0.0909. The Hall–Kier alpha value is -4.09. The Morgan fingerprint density at radius 3 is 2.81 bits per heavy atom. The van der Waals surface area contributed by atoms with Crippen LogP contribution in [-0.4, -0.2) is 31.0 Å². The highest BCUT2D eigenvalue weighted by Crippen LogP contribution is 2.37. The number of pyridine rings is 1. The molecule has 0 saturated carbocycles. The number of nitrogens with one attached hydrogen (secondary N) is 1. The van der Waals surface area contributed by atoms with E-state index < -0.39 is 5.97 Å². The Morgan fingerprint density at radius 1 is 1.23 bits per heavy atom. The summed E-state index contributed by atoms with van der Waals surface area (Å²) >= 11 is 6.50. The van der Waals surface area contributed by atoms with Crippen molar-refractivity contribution in [3.8, 4) is 35.7 Å². The van der Waals surface area contributed by atoms with Gasteiger partial charge in [-0.3, -0.25) is 4.98 Å². The van der Waals surface area contributed by atoms with E-state index in [9.17, 15) is 9.90 Å². The fourth-order valence-corrected chi connectivity index (χ4v) is 3.24. The second kappa shape index (κ2) is 8.34. The number of nitrogens with zero attached hydrogens (tertiary/aromatic N) is 3. The van der Waals surface area contributed by atoms with Crippen LogP contribution >= 0.6 is 11.6 Å². The standard InChI is InChI=1S/C22H15ClN4O4/c1-3-12-8-15(11-24-10-12)31-22-26-19-17(18(23)16(4-2)25-19)20(27-22)30-14-7-5-6-13(9-14)21(28)29/h1,5-11H,4H2,2H3,(H,28,29)(H,25,26,27). The normalized spacial score (nSPS) is 10.6. The van der Waals surface area contributed by atoms with Gasteiger partial charge in [-0.15, -0.1) is 6.42 Å². The van der Waals surface area contributed by atoms with Crippen molar-refractivity contribution in [3.63, 3.8) is 0 Å². The first-order valence-electron chi connectivity index (χ1n) is 9.17. The van der Waals surface area contributed by atoms with E-state index in [1.165, 1.54) is 24.5 Å². The van der Waals surface area contributed by atoms with Crippen LogP contribution in [0.1, 0.15) is 28.5 Å². The molecule has 0 radical (unpaired) electrons. The van der Waals surface area contributed by atoms with Crippen molar-refractivity contribution < 1.29 is 19.4 Å². The van der Waals surface area contributed by atoms with E-state index in [4.69, 9.17) is 27.5 Å². The van der Waals surface area contributed by atoms with Crippen LogP contribution in [0.15, 0.2) is 42.7 Å². The molecule has 0 aliphatic rings. The van der Waals surface area contributed by atoms with Gasteiger partial charge in [0.05, 0.1) is 16.8 Å². The zero-order valence-electron chi connectivity index (χ0n) is 16.2. The Labute approximate surface area is 181 Å². The van der Waals surface area contributed by atoms with E-state index >= 15 is 0 Å². The fourth-order valence-electron chi connectivity index (χ4n) is 2.88. The summed E-state index contributed by atoms with van der Waals surface area (Å²) in [4.78, 5) is 27.2. The smallest absolute Gasteiger partial charge is 0.335 e. The van der Waals surface area contributed by atoms with Crippen LogP contribution in [0.3, 0.4) is 0 Å². The topological polar surface area (TPSA) is 110 Å². The van der Waals surface area contributed by atoms with Gasteiger partial charge < -0.3 is 19.6 Å². The zero-order chi connectivity index (χ0) is 22.0. The lowest BCUT2D eigenvalue weighted by Crippen LogP contribution is -1.99. The van der Waals surface area contributed by atoms with E-state index in [-0.39, 0.29) is 23.2 Å². The van der Waals surface area contributed by atoms with Gasteiger partial charge in [0, 0.05) is 17.5 Å². The molecule has 154 valence electrons. The first-order valence-corrected chi connectivity index (χ1v) is 9.55. The molecule has 8 nitrogen and oxygen atoms in total. The molecule has 4 rings (SSSR count). The first-order chi connectivity index (χ1) is 15.0. The molecular weight excluding hydrogens is 420 g/mol. The number of carbonyl (C=O) groups is 1. The molecule has 0 aliphatic carbocycles. The molecule has 31 heavy (non-hydrogen) atoms. The Kier molecular flexibility index (Phi) is 5.43. The van der Waals surface area contributed by atoms with Crippen LogP contribution in [0, 0.1) is 12.3 Å². The molecule has 0 amide bonds. The third-order valence-electron chi connectivity index (χ3n) is 4.35. The Morgan fingerprint density at radius 2 is 2.06 bits per heavy atom. The van der Waals surface area contributed by atoms with Gasteiger partial charge in [0.2, 0.25) is 5.88 Å². The van der Waals surface area contributed by atoms with Gasteiger partial charge >= 0.3 is 12.0 Å². The summed E-state index contributed by atoms with van der Waals surface area (Å²) in [6.07, 6.45) is 9.04. The van der Waals surface area contributed by atoms with Crippen LogP contribution in [0.2, 0.25) is 5.02 Å². The second-order valence-electron chi connectivity index (χ2n) is 6.40. The maximum atomic E-state index is 11.3. The van der Waals surface area contributed by atoms with Crippen molar-refractivity contribution in [1.82, 2.24) is 19.9 Å². The number of hydrogen-bond acceptors (Lipinski definition) is 6. The number of benzene rings is 1. The SMILES string of the molecule is C#Cc1cncc(Oc2nc(Oc3cccc(C(=O)O)c3)c3c(Cl)c(CC)[nH]c3n2)c1. The number of fused-ring (bicyclic) bond motifs is 1. The minimum atomic E-state index is -1.07. The van der Waals surface area contributed by atoms with Crippen LogP contribution in [-0.2, 0) is 6.42 Å². The van der Waals surface area contributed by atoms with Gasteiger partial charge in [0.1, 0.15) is 16.8 Å². The molecule has 1 aromatic carbocycles. The lowest BCUT2D eigenvalue weighted by Gasteiger charge is -2.09. The maximum absolute atomic E-state index is 11.3. The third kappa shape index (κ3) is 4.13. The van der Waals surface area contributed by atoms with Gasteiger partial charge in [-0.25, -0.2) is 4.79 Å². The number of aromatic carboxylic acids is 1. The molecule has 3 aromatic heterocycles. The number of terminal acetylenes is 1. The van der Waals surface area contributed by atoms with E-state index in [1.807, 2.05) is 6.92 Å². The highest BCUT2D eigenvalue weighted by atomic mass is 35.5. The summed E-state index contributed by atoms with van der Waals surface area (Å²) in [6.45, 7) is 1.94. The molecule has 0 fully saturated rings. The van der Waals surface area contributed by atoms with Gasteiger partial charge in [-0.1, -0.05) is 30.5 Å². The monoisotopic (exact) mass is 434 g/mol. The molecule has 4 aromatic rings. The van der Waals surface area contributed by atoms with Crippen LogP contribution in [0.5, 0.6) is 23.4 Å². The third-order valence-corrected chi connectivity index (χ3v) is 4.76. The molecule has 0 saturated heterocycles. The number of aryl methyl sites for hydroxylation is 1. The Bertz CT molecular complexity index is 1340. The minimum absolute atomic E-state index is 0.0200. The summed E-state index contributed by atoms with van der Waals surface area (Å²) in [5, 5.41) is 10.1. The lowest BCUT2D eigenvalue weighted by atomic mass is 10.2. The molecule has 0 spiro atoms. The molecule has 9 heteroatoms. The summed E-state index contributed by atoms with van der Waals surface area (Å²) in [7, 11) is 0. The average molecular weight is 435 g/mol.